The highest BCUT2D eigenvalue weighted by Gasteiger charge is 2.19. The van der Waals surface area contributed by atoms with Crippen LogP contribution in [0.25, 0.3) is 0 Å². The number of hydrogen-bond acceptors (Lipinski definition) is 8. The summed E-state index contributed by atoms with van der Waals surface area (Å²) in [4.78, 5) is 22.3. The number of anilines is 1. The summed E-state index contributed by atoms with van der Waals surface area (Å²) in [7, 11) is 3.02. The lowest BCUT2D eigenvalue weighted by Gasteiger charge is -2.09. The lowest BCUT2D eigenvalue weighted by Crippen LogP contribution is -2.04. The molecule has 0 spiro atoms. The van der Waals surface area contributed by atoms with Crippen LogP contribution in [0, 0.1) is 17.0 Å². The van der Waals surface area contributed by atoms with Crippen LogP contribution in [0.3, 0.4) is 0 Å². The Labute approximate surface area is 120 Å². The monoisotopic (exact) mass is 291 g/mol. The highest BCUT2D eigenvalue weighted by atomic mass is 16.6. The number of rotatable bonds is 5. The van der Waals surface area contributed by atoms with E-state index in [0.717, 1.165) is 0 Å². The first-order valence-electron chi connectivity index (χ1n) is 5.95. The molecule has 21 heavy (non-hydrogen) atoms. The van der Waals surface area contributed by atoms with Gasteiger partial charge < -0.3 is 14.8 Å². The molecule has 2 aromatic rings. The van der Waals surface area contributed by atoms with E-state index in [2.05, 4.69) is 20.3 Å². The summed E-state index contributed by atoms with van der Waals surface area (Å²) in [6.45, 7) is 1.69. The van der Waals surface area contributed by atoms with Crippen LogP contribution in [0.4, 0.5) is 11.6 Å². The van der Waals surface area contributed by atoms with Crippen molar-refractivity contribution in [3.05, 3.63) is 33.9 Å². The molecule has 0 saturated heterocycles. The lowest BCUT2D eigenvalue weighted by atomic mass is 10.2. The molecule has 1 aromatic carbocycles. The first-order chi connectivity index (χ1) is 10.0. The van der Waals surface area contributed by atoms with Crippen molar-refractivity contribution in [2.75, 3.05) is 19.5 Å². The van der Waals surface area contributed by atoms with Gasteiger partial charge in [-0.3, -0.25) is 10.1 Å². The predicted molar refractivity (Wildman–Crippen MR) is 73.8 cm³/mol. The van der Waals surface area contributed by atoms with Crippen molar-refractivity contribution in [2.45, 2.75) is 6.92 Å². The molecule has 0 aliphatic rings. The minimum absolute atomic E-state index is 0.0422. The van der Waals surface area contributed by atoms with E-state index in [4.69, 9.17) is 9.47 Å². The first kappa shape index (κ1) is 14.4. The summed E-state index contributed by atoms with van der Waals surface area (Å²) in [6.07, 6.45) is 0. The third-order valence-corrected chi connectivity index (χ3v) is 2.58. The van der Waals surface area contributed by atoms with Crippen LogP contribution < -0.4 is 14.8 Å². The average Bonchev–Trinajstić information content (AvgIpc) is 2.48. The quantitative estimate of drug-likeness (QED) is 0.656. The second-order valence-electron chi connectivity index (χ2n) is 3.96. The van der Waals surface area contributed by atoms with E-state index in [1.54, 1.807) is 26.1 Å². The largest absolute Gasteiger partial charge is 0.467 e. The zero-order chi connectivity index (χ0) is 15.4. The fraction of sp³-hybridized carbons (Fsp3) is 0.250. The standard InChI is InChI=1S/C12H13N5O4/c1-7-5-4-6-8(17(18)19)9(7)21-12-15-10(13-2)14-11(16-12)20-3/h4-6H,1-3H3,(H,13,14,15,16). The number of nitrogens with one attached hydrogen (secondary N) is 1. The highest BCUT2D eigenvalue weighted by molar-refractivity contribution is 5.52. The van der Waals surface area contributed by atoms with E-state index in [1.807, 2.05) is 0 Å². The predicted octanol–water partition coefficient (Wildman–Crippen LogP) is 1.93. The molecular formula is C12H13N5O4. The maximum absolute atomic E-state index is 11.0. The molecule has 9 heteroatoms. The molecule has 0 atom stereocenters. The van der Waals surface area contributed by atoms with Gasteiger partial charge >= 0.3 is 17.7 Å². The minimum atomic E-state index is -0.528. The number of nitro groups is 1. The SMILES string of the molecule is CNc1nc(OC)nc(Oc2c(C)cccc2[N+](=O)[O-])n1. The van der Waals surface area contributed by atoms with Gasteiger partial charge in [-0.15, -0.1) is 4.98 Å². The summed E-state index contributed by atoms with van der Waals surface area (Å²) in [6, 6.07) is 4.57. The van der Waals surface area contributed by atoms with Crippen molar-refractivity contribution < 1.29 is 14.4 Å². The van der Waals surface area contributed by atoms with Crippen LogP contribution in [0.2, 0.25) is 0 Å². The molecule has 1 N–H and O–H groups in total. The Hall–Kier alpha value is -2.97. The maximum Gasteiger partial charge on any atom is 0.330 e. The van der Waals surface area contributed by atoms with Crippen LogP contribution in [-0.4, -0.2) is 34.0 Å². The molecule has 0 aliphatic carbocycles. The number of nitro benzene ring substituents is 1. The van der Waals surface area contributed by atoms with Gasteiger partial charge in [-0.1, -0.05) is 12.1 Å². The second kappa shape index (κ2) is 5.99. The Kier molecular flexibility index (Phi) is 4.12. The molecule has 0 radical (unpaired) electrons. The van der Waals surface area contributed by atoms with Gasteiger partial charge in [0, 0.05) is 13.1 Å². The number of nitrogens with zero attached hydrogens (tertiary/aromatic N) is 4. The highest BCUT2D eigenvalue weighted by Crippen LogP contribution is 2.33. The fourth-order valence-electron chi connectivity index (χ4n) is 1.59. The summed E-state index contributed by atoms with van der Waals surface area (Å²) < 4.78 is 10.4. The number of hydrogen-bond donors (Lipinski definition) is 1. The van der Waals surface area contributed by atoms with Crippen LogP contribution >= 0.6 is 0 Å². The van der Waals surface area contributed by atoms with Crippen LogP contribution in [0.1, 0.15) is 5.56 Å². The van der Waals surface area contributed by atoms with Crippen molar-refractivity contribution >= 4 is 11.6 Å². The molecule has 9 nitrogen and oxygen atoms in total. The number of para-hydroxylation sites is 1. The van der Waals surface area contributed by atoms with Crippen molar-refractivity contribution in [1.82, 2.24) is 15.0 Å². The molecule has 0 bridgehead atoms. The number of methoxy groups -OCH3 is 1. The Morgan fingerprint density at radius 1 is 1.24 bits per heavy atom. The Bertz CT molecular complexity index is 654. The summed E-state index contributed by atoms with van der Waals surface area (Å²) in [5, 5.41) is 13.8. The first-order valence-corrected chi connectivity index (χ1v) is 5.95. The average molecular weight is 291 g/mol. The second-order valence-corrected chi connectivity index (χ2v) is 3.96. The van der Waals surface area contributed by atoms with Crippen molar-refractivity contribution in [3.63, 3.8) is 0 Å². The number of aromatic nitrogens is 3. The molecular weight excluding hydrogens is 278 g/mol. The molecule has 0 unspecified atom stereocenters. The Morgan fingerprint density at radius 3 is 2.57 bits per heavy atom. The molecule has 1 aromatic heterocycles. The zero-order valence-electron chi connectivity index (χ0n) is 11.7. The van der Waals surface area contributed by atoms with Gasteiger partial charge in [0.2, 0.25) is 11.7 Å². The topological polar surface area (TPSA) is 112 Å². The van der Waals surface area contributed by atoms with Crippen LogP contribution in [0.5, 0.6) is 17.8 Å². The third kappa shape index (κ3) is 3.14. The normalized spacial score (nSPS) is 10.0. The van der Waals surface area contributed by atoms with Crippen molar-refractivity contribution in [1.29, 1.82) is 0 Å². The lowest BCUT2D eigenvalue weighted by molar-refractivity contribution is -0.385. The molecule has 0 saturated carbocycles. The zero-order valence-corrected chi connectivity index (χ0v) is 11.7. The van der Waals surface area contributed by atoms with Crippen LogP contribution in [0.15, 0.2) is 18.2 Å². The van der Waals surface area contributed by atoms with E-state index in [-0.39, 0.29) is 29.4 Å². The molecule has 110 valence electrons. The van der Waals surface area contributed by atoms with Gasteiger partial charge in [-0.2, -0.15) is 9.97 Å². The van der Waals surface area contributed by atoms with Crippen LogP contribution in [-0.2, 0) is 0 Å². The molecule has 0 aliphatic heterocycles. The fourth-order valence-corrected chi connectivity index (χ4v) is 1.59. The maximum atomic E-state index is 11.0. The van der Waals surface area contributed by atoms with Gasteiger partial charge in [0.25, 0.3) is 0 Å². The minimum Gasteiger partial charge on any atom is -0.467 e. The smallest absolute Gasteiger partial charge is 0.330 e. The third-order valence-electron chi connectivity index (χ3n) is 2.58. The number of aryl methyl sites for hydroxylation is 1. The van der Waals surface area contributed by atoms with Crippen molar-refractivity contribution in [2.24, 2.45) is 0 Å². The van der Waals surface area contributed by atoms with E-state index >= 15 is 0 Å². The van der Waals surface area contributed by atoms with Gasteiger partial charge in [-0.05, 0) is 12.5 Å². The van der Waals surface area contributed by atoms with E-state index < -0.39 is 4.92 Å². The summed E-state index contributed by atoms with van der Waals surface area (Å²) in [5.74, 6) is 0.311. The van der Waals surface area contributed by atoms with E-state index in [9.17, 15) is 10.1 Å². The molecule has 1 heterocycles. The van der Waals surface area contributed by atoms with E-state index in [1.165, 1.54) is 13.2 Å². The van der Waals surface area contributed by atoms with Crippen molar-refractivity contribution in [3.8, 4) is 17.8 Å². The molecule has 2 rings (SSSR count). The van der Waals surface area contributed by atoms with E-state index in [0.29, 0.717) is 5.56 Å². The van der Waals surface area contributed by atoms with Gasteiger partial charge in [0.05, 0.1) is 12.0 Å². The van der Waals surface area contributed by atoms with Gasteiger partial charge in [-0.25, -0.2) is 0 Å². The number of benzene rings is 1. The van der Waals surface area contributed by atoms with Gasteiger partial charge in [0.15, 0.2) is 0 Å². The number of ether oxygens (including phenoxy) is 2. The van der Waals surface area contributed by atoms with Gasteiger partial charge in [0.1, 0.15) is 0 Å². The molecule has 0 fully saturated rings. The Morgan fingerprint density at radius 2 is 1.95 bits per heavy atom. The Balaban J connectivity index is 2.45. The summed E-state index contributed by atoms with van der Waals surface area (Å²) in [5.41, 5.74) is 0.426. The summed E-state index contributed by atoms with van der Waals surface area (Å²) >= 11 is 0. The molecule has 0 amide bonds.